The van der Waals surface area contributed by atoms with E-state index < -0.39 is 0 Å². The van der Waals surface area contributed by atoms with Crippen molar-refractivity contribution >= 4 is 11.3 Å². The van der Waals surface area contributed by atoms with Crippen molar-refractivity contribution in [2.75, 3.05) is 19.7 Å². The van der Waals surface area contributed by atoms with Crippen molar-refractivity contribution in [1.82, 2.24) is 19.7 Å². The van der Waals surface area contributed by atoms with Crippen molar-refractivity contribution in [2.45, 2.75) is 39.0 Å². The normalized spacial score (nSPS) is 20.2. The van der Waals surface area contributed by atoms with E-state index in [4.69, 9.17) is 9.72 Å². The number of hydrogen-bond donors (Lipinski definition) is 0. The van der Waals surface area contributed by atoms with Crippen molar-refractivity contribution in [3.05, 3.63) is 34.5 Å². The van der Waals surface area contributed by atoms with Gasteiger partial charge in [-0.15, -0.1) is 11.3 Å². The Morgan fingerprint density at radius 3 is 3.10 bits per heavy atom. The van der Waals surface area contributed by atoms with Crippen LogP contribution in [0.1, 0.15) is 30.5 Å². The third kappa shape index (κ3) is 3.90. The molecule has 0 amide bonds. The maximum atomic E-state index is 5.84. The number of ether oxygens (including phenoxy) is 1. The first-order chi connectivity index (χ1) is 10.2. The maximum absolute atomic E-state index is 5.84. The van der Waals surface area contributed by atoms with Crippen LogP contribution in [0.25, 0.3) is 0 Å². The summed E-state index contributed by atoms with van der Waals surface area (Å²) in [6.07, 6.45) is 4.00. The zero-order chi connectivity index (χ0) is 14.7. The van der Waals surface area contributed by atoms with E-state index in [-0.39, 0.29) is 6.10 Å². The minimum absolute atomic E-state index is 0.210. The predicted octanol–water partition coefficient (Wildman–Crippen LogP) is 2.36. The largest absolute Gasteiger partial charge is 0.374 e. The van der Waals surface area contributed by atoms with Crippen molar-refractivity contribution in [3.63, 3.8) is 0 Å². The molecule has 114 valence electrons. The van der Waals surface area contributed by atoms with E-state index in [1.807, 2.05) is 23.1 Å². The number of rotatable bonds is 5. The summed E-state index contributed by atoms with van der Waals surface area (Å²) in [7, 11) is 0. The Labute approximate surface area is 129 Å². The second kappa shape index (κ2) is 6.68. The van der Waals surface area contributed by atoms with E-state index in [1.54, 1.807) is 11.3 Å². The first kappa shape index (κ1) is 14.7. The van der Waals surface area contributed by atoms with Crippen molar-refractivity contribution in [3.8, 4) is 0 Å². The predicted molar refractivity (Wildman–Crippen MR) is 83.4 cm³/mol. The molecule has 1 saturated heterocycles. The Bertz CT molecular complexity index is 552. The van der Waals surface area contributed by atoms with Gasteiger partial charge in [-0.2, -0.15) is 5.10 Å². The summed E-state index contributed by atoms with van der Waals surface area (Å²) in [4.78, 5) is 7.15. The molecule has 3 rings (SSSR count). The van der Waals surface area contributed by atoms with Gasteiger partial charge in [-0.1, -0.05) is 13.8 Å². The fraction of sp³-hybridized carbons (Fsp3) is 0.600. The minimum Gasteiger partial charge on any atom is -0.374 e. The molecule has 0 aliphatic carbocycles. The van der Waals surface area contributed by atoms with Gasteiger partial charge < -0.3 is 4.74 Å². The molecule has 0 bridgehead atoms. The van der Waals surface area contributed by atoms with Gasteiger partial charge in [0.05, 0.1) is 30.0 Å². The third-order valence-electron chi connectivity index (χ3n) is 3.62. The second-order valence-corrected chi connectivity index (χ2v) is 6.68. The Balaban J connectivity index is 1.55. The molecule has 6 heteroatoms. The summed E-state index contributed by atoms with van der Waals surface area (Å²) in [6.45, 7) is 8.82. The van der Waals surface area contributed by atoms with E-state index >= 15 is 0 Å². The summed E-state index contributed by atoms with van der Waals surface area (Å²) >= 11 is 1.77. The fourth-order valence-electron chi connectivity index (χ4n) is 2.54. The van der Waals surface area contributed by atoms with Gasteiger partial charge in [0.2, 0.25) is 0 Å². The highest BCUT2D eigenvalue weighted by molar-refractivity contribution is 7.09. The molecule has 0 saturated carbocycles. The smallest absolute Gasteiger partial charge is 0.0954 e. The summed E-state index contributed by atoms with van der Waals surface area (Å²) in [5.41, 5.74) is 1.18. The van der Waals surface area contributed by atoms with Gasteiger partial charge in [0, 0.05) is 43.3 Å². The second-order valence-electron chi connectivity index (χ2n) is 5.79. The van der Waals surface area contributed by atoms with Crippen LogP contribution in [0.4, 0.5) is 0 Å². The van der Waals surface area contributed by atoms with Crippen LogP contribution >= 0.6 is 11.3 Å². The third-order valence-corrected chi connectivity index (χ3v) is 4.82. The van der Waals surface area contributed by atoms with Gasteiger partial charge in [-0.25, -0.2) is 4.98 Å². The zero-order valence-corrected chi connectivity index (χ0v) is 13.4. The van der Waals surface area contributed by atoms with E-state index in [0.717, 1.165) is 32.8 Å². The molecule has 0 spiro atoms. The van der Waals surface area contributed by atoms with Crippen LogP contribution in [0.3, 0.4) is 0 Å². The molecule has 1 aliphatic rings. The standard InChI is InChI=1S/C15H22N4OS/c1-12(2)15-17-13(11-21-15)8-18-6-7-20-14(9-18)10-19-5-3-4-16-19/h3-5,11-12,14H,6-10H2,1-2H3/t14-/m0/s1. The van der Waals surface area contributed by atoms with Gasteiger partial charge in [-0.05, 0) is 6.07 Å². The first-order valence-corrected chi connectivity index (χ1v) is 8.34. The quantitative estimate of drug-likeness (QED) is 0.850. The van der Waals surface area contributed by atoms with Crippen molar-refractivity contribution in [2.24, 2.45) is 0 Å². The van der Waals surface area contributed by atoms with Crippen LogP contribution in [0.2, 0.25) is 0 Å². The molecule has 5 nitrogen and oxygen atoms in total. The number of aromatic nitrogens is 3. The lowest BCUT2D eigenvalue weighted by Gasteiger charge is -2.32. The van der Waals surface area contributed by atoms with E-state index in [1.165, 1.54) is 10.7 Å². The number of nitrogens with zero attached hydrogens (tertiary/aromatic N) is 4. The van der Waals surface area contributed by atoms with Gasteiger partial charge in [0.1, 0.15) is 0 Å². The Kier molecular flexibility index (Phi) is 4.67. The summed E-state index contributed by atoms with van der Waals surface area (Å²) in [6, 6.07) is 1.95. The molecule has 0 N–H and O–H groups in total. The zero-order valence-electron chi connectivity index (χ0n) is 12.6. The van der Waals surface area contributed by atoms with Gasteiger partial charge in [0.25, 0.3) is 0 Å². The lowest BCUT2D eigenvalue weighted by Crippen LogP contribution is -2.43. The van der Waals surface area contributed by atoms with Crippen LogP contribution in [-0.2, 0) is 17.8 Å². The average molecular weight is 306 g/mol. The molecule has 0 aromatic carbocycles. The van der Waals surface area contributed by atoms with Crippen LogP contribution in [0, 0.1) is 0 Å². The molecule has 0 radical (unpaired) electrons. The molecule has 21 heavy (non-hydrogen) atoms. The average Bonchev–Trinajstić information content (AvgIpc) is 3.11. The summed E-state index contributed by atoms with van der Waals surface area (Å²) in [5.74, 6) is 0.515. The Hall–Kier alpha value is -1.24. The maximum Gasteiger partial charge on any atom is 0.0954 e. The van der Waals surface area contributed by atoms with E-state index in [0.29, 0.717) is 5.92 Å². The molecule has 1 atom stereocenters. The van der Waals surface area contributed by atoms with Crippen molar-refractivity contribution in [1.29, 1.82) is 0 Å². The monoisotopic (exact) mass is 306 g/mol. The molecule has 2 aromatic heterocycles. The van der Waals surface area contributed by atoms with Crippen molar-refractivity contribution < 1.29 is 4.74 Å². The molecule has 2 aromatic rings. The van der Waals surface area contributed by atoms with E-state index in [2.05, 4.69) is 29.2 Å². The SMILES string of the molecule is CC(C)c1nc(CN2CCO[C@H](Cn3cccn3)C2)cs1. The number of thiazole rings is 1. The highest BCUT2D eigenvalue weighted by atomic mass is 32.1. The number of morpholine rings is 1. The molecule has 1 aliphatic heterocycles. The van der Waals surface area contributed by atoms with Crippen LogP contribution < -0.4 is 0 Å². The molecule has 3 heterocycles. The van der Waals surface area contributed by atoms with Crippen LogP contribution in [-0.4, -0.2) is 45.5 Å². The molecular formula is C15H22N4OS. The number of hydrogen-bond acceptors (Lipinski definition) is 5. The lowest BCUT2D eigenvalue weighted by atomic mass is 10.2. The van der Waals surface area contributed by atoms with Crippen LogP contribution in [0.15, 0.2) is 23.8 Å². The summed E-state index contributed by atoms with van der Waals surface area (Å²) in [5, 5.41) is 7.67. The fourth-order valence-corrected chi connectivity index (χ4v) is 3.37. The van der Waals surface area contributed by atoms with Gasteiger partial charge >= 0.3 is 0 Å². The molecular weight excluding hydrogens is 284 g/mol. The lowest BCUT2D eigenvalue weighted by molar-refractivity contribution is -0.0405. The topological polar surface area (TPSA) is 43.2 Å². The Morgan fingerprint density at radius 2 is 2.38 bits per heavy atom. The summed E-state index contributed by atoms with van der Waals surface area (Å²) < 4.78 is 7.78. The van der Waals surface area contributed by atoms with Gasteiger partial charge in [-0.3, -0.25) is 9.58 Å². The van der Waals surface area contributed by atoms with Crippen LogP contribution in [0.5, 0.6) is 0 Å². The van der Waals surface area contributed by atoms with E-state index in [9.17, 15) is 0 Å². The highest BCUT2D eigenvalue weighted by Crippen LogP contribution is 2.20. The highest BCUT2D eigenvalue weighted by Gasteiger charge is 2.21. The van der Waals surface area contributed by atoms with Gasteiger partial charge in [0.15, 0.2) is 0 Å². The Morgan fingerprint density at radius 1 is 1.48 bits per heavy atom. The molecule has 1 fully saturated rings. The minimum atomic E-state index is 0.210. The first-order valence-electron chi connectivity index (χ1n) is 7.46. The molecule has 0 unspecified atom stereocenters.